The van der Waals surface area contributed by atoms with E-state index in [1.807, 2.05) is 72.9 Å². The largest absolute Gasteiger partial charge is 0.466 e. The Labute approximate surface area is 460 Å². The molecule has 0 fully saturated rings. The first-order chi connectivity index (χ1) is 38.7. The van der Waals surface area contributed by atoms with Crippen molar-refractivity contribution >= 4 is 103 Å². The molecule has 8 aromatic carbocycles. The van der Waals surface area contributed by atoms with Crippen molar-refractivity contribution in [2.24, 2.45) is 9.49 Å². The van der Waals surface area contributed by atoms with Crippen molar-refractivity contribution in [3.63, 3.8) is 0 Å². The van der Waals surface area contributed by atoms with Gasteiger partial charge in [0.1, 0.15) is 6.04 Å². The van der Waals surface area contributed by atoms with Crippen LogP contribution in [0.4, 0.5) is 17.5 Å². The third-order valence-electron chi connectivity index (χ3n) is 13.8. The Balaban J connectivity index is 1.15. The van der Waals surface area contributed by atoms with Gasteiger partial charge in [-0.25, -0.2) is 19.3 Å². The van der Waals surface area contributed by atoms with Crippen LogP contribution in [0.15, 0.2) is 234 Å². The number of fused-ring (bicyclic) bond motifs is 2. The van der Waals surface area contributed by atoms with Crippen LogP contribution in [0.2, 0.25) is 0 Å². The van der Waals surface area contributed by atoms with Gasteiger partial charge in [0.25, 0.3) is 11.9 Å². The van der Waals surface area contributed by atoms with Crippen LogP contribution in [0, 0.1) is 6.92 Å². The maximum Gasteiger partial charge on any atom is 0.328 e. The number of aryl methyl sites for hydroxylation is 1. The summed E-state index contributed by atoms with van der Waals surface area (Å²) in [5.41, 5.74) is 3.36. The summed E-state index contributed by atoms with van der Waals surface area (Å²) in [6.07, 6.45) is 1.82. The van der Waals surface area contributed by atoms with E-state index in [-0.39, 0.29) is 32.0 Å². The Hall–Kier alpha value is -8.82. The van der Waals surface area contributed by atoms with Gasteiger partial charge in [-0.1, -0.05) is 206 Å². The highest BCUT2D eigenvalue weighted by molar-refractivity contribution is 7.88. The summed E-state index contributed by atoms with van der Waals surface area (Å²) >= 11 is 0. The number of rotatable bonds is 19. The number of pyridine rings is 1. The quantitative estimate of drug-likeness (QED) is 0.0594. The number of benzene rings is 8. The summed E-state index contributed by atoms with van der Waals surface area (Å²) in [5.74, 6) is -0.820. The average molecular weight is 1080 g/mol. The summed E-state index contributed by atoms with van der Waals surface area (Å²) in [6, 6.07) is 72.9. The van der Waals surface area contributed by atoms with Crippen LogP contribution in [0.3, 0.4) is 0 Å². The second-order valence-electron chi connectivity index (χ2n) is 18.6. The van der Waals surface area contributed by atoms with Crippen molar-refractivity contribution in [1.29, 1.82) is 0 Å². The van der Waals surface area contributed by atoms with E-state index in [0.717, 1.165) is 54.0 Å². The van der Waals surface area contributed by atoms with Gasteiger partial charge in [-0.05, 0) is 55.8 Å². The predicted octanol–water partition coefficient (Wildman–Crippen LogP) is 11.7. The minimum atomic E-state index is -2.91. The molecular formula is C65H59N7O5P2. The number of carbonyl (C=O) groups excluding carboxylic acids is 3. The molecule has 0 saturated heterocycles. The molecular weight excluding hydrogens is 1020 g/mol. The van der Waals surface area contributed by atoms with Crippen LogP contribution >= 0.6 is 14.1 Å². The Kier molecular flexibility index (Phi) is 16.7. The molecule has 0 bridgehead atoms. The van der Waals surface area contributed by atoms with Gasteiger partial charge in [0.2, 0.25) is 0 Å². The van der Waals surface area contributed by atoms with Crippen LogP contribution in [0.5, 0.6) is 0 Å². The zero-order valence-corrected chi connectivity index (χ0v) is 45.9. The number of hydrogen-bond acceptors (Lipinski definition) is 11. The summed E-state index contributed by atoms with van der Waals surface area (Å²) < 4.78 is 22.2. The van der Waals surface area contributed by atoms with Gasteiger partial charge in [0.15, 0.2) is 11.5 Å². The molecule has 0 aliphatic heterocycles. The Morgan fingerprint density at radius 2 is 1.00 bits per heavy atom. The van der Waals surface area contributed by atoms with Crippen LogP contribution < -0.4 is 42.5 Å². The minimum Gasteiger partial charge on any atom is -0.466 e. The molecule has 0 aliphatic carbocycles. The number of aromatic nitrogens is 3. The van der Waals surface area contributed by atoms with E-state index < -0.39 is 38.0 Å². The van der Waals surface area contributed by atoms with Crippen molar-refractivity contribution in [3.8, 4) is 0 Å². The lowest BCUT2D eigenvalue weighted by Gasteiger charge is -2.27. The number of anilines is 1. The Morgan fingerprint density at radius 1 is 0.544 bits per heavy atom. The normalized spacial score (nSPS) is 11.8. The van der Waals surface area contributed by atoms with Gasteiger partial charge in [0.05, 0.1) is 32.7 Å². The molecule has 1 amide bonds. The molecule has 0 unspecified atom stereocenters. The maximum atomic E-state index is 14.0. The minimum absolute atomic E-state index is 0.0287. The first-order valence-corrected chi connectivity index (χ1v) is 29.8. The van der Waals surface area contributed by atoms with E-state index in [9.17, 15) is 14.4 Å². The van der Waals surface area contributed by atoms with Gasteiger partial charge in [0, 0.05) is 67.6 Å². The number of esters is 2. The lowest BCUT2D eigenvalue weighted by Crippen LogP contribution is -2.42. The fourth-order valence-corrected chi connectivity index (χ4v) is 16.9. The second-order valence-corrected chi connectivity index (χ2v) is 24.7. The SMILES string of the molecule is CCOC(=O)CC[C@H](NC(=O)c1ccc(NCc2cnc3nc(N=P(c4ccccc4)(c4ccccc4)c4ccccc4)nc(N=P(c4ccccc4)(c4ccccc4)c4ccccc4)c3c2C)c2ccccc12)C(=O)OCC. The van der Waals surface area contributed by atoms with Crippen molar-refractivity contribution in [2.75, 3.05) is 18.5 Å². The zero-order valence-electron chi connectivity index (χ0n) is 44.1. The highest BCUT2D eigenvalue weighted by atomic mass is 31.2. The molecule has 0 aliphatic rings. The van der Waals surface area contributed by atoms with Crippen LogP contribution in [-0.4, -0.2) is 52.1 Å². The Morgan fingerprint density at radius 3 is 1.48 bits per heavy atom. The van der Waals surface area contributed by atoms with E-state index in [2.05, 4.69) is 163 Å². The maximum absolute atomic E-state index is 14.0. The highest BCUT2D eigenvalue weighted by Gasteiger charge is 2.32. The van der Waals surface area contributed by atoms with Crippen LogP contribution in [-0.2, 0) is 25.6 Å². The fourth-order valence-electron chi connectivity index (χ4n) is 9.99. The molecule has 394 valence electrons. The molecule has 0 radical (unpaired) electrons. The molecule has 10 aromatic rings. The zero-order chi connectivity index (χ0) is 54.6. The molecule has 79 heavy (non-hydrogen) atoms. The number of hydrogen-bond donors (Lipinski definition) is 2. The van der Waals surface area contributed by atoms with E-state index in [0.29, 0.717) is 34.3 Å². The summed E-state index contributed by atoms with van der Waals surface area (Å²) in [5, 5.41) is 15.0. The van der Waals surface area contributed by atoms with Crippen molar-refractivity contribution in [1.82, 2.24) is 20.3 Å². The van der Waals surface area contributed by atoms with Gasteiger partial charge in [-0.3, -0.25) is 9.59 Å². The van der Waals surface area contributed by atoms with Gasteiger partial charge in [-0.15, -0.1) is 0 Å². The number of nitrogens with zero attached hydrogens (tertiary/aromatic N) is 5. The average Bonchev–Trinajstić information content (AvgIpc) is 3.70. The molecule has 14 heteroatoms. The summed E-state index contributed by atoms with van der Waals surface area (Å²) in [7, 11) is -5.76. The second kappa shape index (κ2) is 24.7. The summed E-state index contributed by atoms with van der Waals surface area (Å²) in [4.78, 5) is 55.3. The van der Waals surface area contributed by atoms with E-state index >= 15 is 0 Å². The van der Waals surface area contributed by atoms with Crippen LogP contribution in [0.25, 0.3) is 21.8 Å². The fraction of sp³-hybridized carbons (Fsp3) is 0.138. The highest BCUT2D eigenvalue weighted by Crippen LogP contribution is 2.52. The number of ether oxygens (including phenoxy) is 2. The molecule has 10 rings (SSSR count). The van der Waals surface area contributed by atoms with E-state index in [4.69, 9.17) is 33.9 Å². The van der Waals surface area contributed by atoms with Gasteiger partial charge in [-0.2, -0.15) is 9.97 Å². The molecule has 12 nitrogen and oxygen atoms in total. The van der Waals surface area contributed by atoms with Crippen molar-refractivity contribution in [3.05, 3.63) is 241 Å². The first kappa shape index (κ1) is 53.6. The smallest absolute Gasteiger partial charge is 0.328 e. The lowest BCUT2D eigenvalue weighted by molar-refractivity contribution is -0.146. The third-order valence-corrected chi connectivity index (χ3v) is 21.0. The van der Waals surface area contributed by atoms with E-state index in [1.54, 1.807) is 19.9 Å². The molecule has 1 atom stereocenters. The van der Waals surface area contributed by atoms with Crippen molar-refractivity contribution < 1.29 is 23.9 Å². The van der Waals surface area contributed by atoms with Gasteiger partial charge < -0.3 is 20.1 Å². The molecule has 2 aromatic heterocycles. The van der Waals surface area contributed by atoms with Crippen molar-refractivity contribution in [2.45, 2.75) is 46.2 Å². The molecule has 2 N–H and O–H groups in total. The topological polar surface area (TPSA) is 157 Å². The third kappa shape index (κ3) is 11.3. The Bertz CT molecular complexity index is 3690. The molecule has 0 spiro atoms. The van der Waals surface area contributed by atoms with Gasteiger partial charge >= 0.3 is 11.9 Å². The lowest BCUT2D eigenvalue weighted by atomic mass is 10.0. The number of amides is 1. The first-order valence-electron chi connectivity index (χ1n) is 26.4. The van der Waals surface area contributed by atoms with E-state index in [1.165, 1.54) is 0 Å². The monoisotopic (exact) mass is 1080 g/mol. The number of nitrogens with one attached hydrogen (secondary N) is 2. The molecule has 2 heterocycles. The predicted molar refractivity (Wildman–Crippen MR) is 322 cm³/mol. The standard InChI is InChI=1S/C65H59N7O5P2/c1-4-76-59(73)43-42-58(64(75)77-5-2)68-63(74)56-40-41-57(55-39-25-24-38-54(55)56)66-44-47-45-67-61-60(46(47)3)62(71-78(48-26-12-6-13-27-48,49-28-14-7-15-29-49)50-30-16-8-17-31-50)70-65(69-61)72-79(51-32-18-9-19-33-51,52-34-20-10-21-35-52)53-36-22-11-23-37-53/h6-41,45,58,66H,4-5,42-44H2,1-3H3,(H,68,74)/t58-/m0/s1. The number of carbonyl (C=O) groups is 3. The van der Waals surface area contributed by atoms with Crippen LogP contribution in [0.1, 0.15) is 48.2 Å². The summed E-state index contributed by atoms with van der Waals surface area (Å²) in [6.45, 7) is 6.15. The molecule has 0 saturated carbocycles.